The number of hydrogen-bond acceptors (Lipinski definition) is 3. The van der Waals surface area contributed by atoms with E-state index in [0.29, 0.717) is 0 Å². The van der Waals surface area contributed by atoms with E-state index in [9.17, 15) is 0 Å². The second-order valence-electron chi connectivity index (χ2n) is 4.37. The van der Waals surface area contributed by atoms with Crippen LogP contribution in [0.5, 0.6) is 0 Å². The Labute approximate surface area is 102 Å². The Hall–Kier alpha value is -0.980. The summed E-state index contributed by atoms with van der Waals surface area (Å²) in [5.74, 6) is 0. The van der Waals surface area contributed by atoms with Gasteiger partial charge in [-0.15, -0.1) is 11.8 Å². The van der Waals surface area contributed by atoms with Crippen molar-refractivity contribution in [3.05, 3.63) is 29.8 Å². The van der Waals surface area contributed by atoms with Crippen molar-refractivity contribution in [2.45, 2.75) is 30.8 Å². The second-order valence-corrected chi connectivity index (χ2v) is 5.25. The van der Waals surface area contributed by atoms with Gasteiger partial charge in [0.05, 0.1) is 6.07 Å². The lowest BCUT2D eigenvalue weighted by Gasteiger charge is -2.28. The average Bonchev–Trinajstić information content (AvgIpc) is 2.30. The van der Waals surface area contributed by atoms with Gasteiger partial charge in [0, 0.05) is 11.4 Å². The molecule has 0 N–H and O–H groups in total. The van der Waals surface area contributed by atoms with Crippen molar-refractivity contribution in [1.82, 2.24) is 4.90 Å². The monoisotopic (exact) mass is 234 g/mol. The molecule has 0 saturated heterocycles. The van der Waals surface area contributed by atoms with Crippen molar-refractivity contribution < 1.29 is 0 Å². The molecular formula is C13H18N2S. The molecule has 0 spiro atoms. The van der Waals surface area contributed by atoms with Gasteiger partial charge in [-0.1, -0.05) is 12.1 Å². The van der Waals surface area contributed by atoms with Crippen molar-refractivity contribution in [1.29, 1.82) is 5.26 Å². The van der Waals surface area contributed by atoms with Crippen LogP contribution in [0.4, 0.5) is 0 Å². The molecule has 0 heterocycles. The van der Waals surface area contributed by atoms with Crippen LogP contribution in [0.1, 0.15) is 19.4 Å². The van der Waals surface area contributed by atoms with E-state index in [1.807, 2.05) is 20.9 Å². The van der Waals surface area contributed by atoms with Crippen LogP contribution >= 0.6 is 11.8 Å². The number of nitriles is 1. The molecule has 0 aromatic heterocycles. The van der Waals surface area contributed by atoms with E-state index in [0.717, 1.165) is 6.54 Å². The highest BCUT2D eigenvalue weighted by atomic mass is 32.2. The highest BCUT2D eigenvalue weighted by molar-refractivity contribution is 7.98. The van der Waals surface area contributed by atoms with E-state index >= 15 is 0 Å². The first-order valence-corrected chi connectivity index (χ1v) is 6.47. The van der Waals surface area contributed by atoms with Crippen molar-refractivity contribution >= 4 is 11.8 Å². The van der Waals surface area contributed by atoms with Crippen molar-refractivity contribution in [2.75, 3.05) is 13.3 Å². The number of hydrogen-bond donors (Lipinski definition) is 0. The molecule has 1 aromatic carbocycles. The number of nitrogens with zero attached hydrogens (tertiary/aromatic N) is 2. The largest absolute Gasteiger partial charge is 0.285 e. The summed E-state index contributed by atoms with van der Waals surface area (Å²) < 4.78 is 0. The van der Waals surface area contributed by atoms with Crippen LogP contribution in [0, 0.1) is 11.3 Å². The minimum Gasteiger partial charge on any atom is -0.285 e. The van der Waals surface area contributed by atoms with E-state index in [1.54, 1.807) is 11.8 Å². The molecule has 0 amide bonds. The molecule has 0 aliphatic heterocycles. The molecule has 86 valence electrons. The van der Waals surface area contributed by atoms with Gasteiger partial charge in [0.15, 0.2) is 0 Å². The highest BCUT2D eigenvalue weighted by Gasteiger charge is 2.22. The summed E-state index contributed by atoms with van der Waals surface area (Å²) in [7, 11) is 1.98. The van der Waals surface area contributed by atoms with Gasteiger partial charge in [0.1, 0.15) is 5.54 Å². The van der Waals surface area contributed by atoms with E-state index in [1.165, 1.54) is 10.5 Å². The fourth-order valence-electron chi connectivity index (χ4n) is 1.29. The predicted octanol–water partition coefficient (Wildman–Crippen LogP) is 3.14. The lowest BCUT2D eigenvalue weighted by atomic mass is 10.1. The van der Waals surface area contributed by atoms with Crippen molar-refractivity contribution in [3.8, 4) is 6.07 Å². The summed E-state index contributed by atoms with van der Waals surface area (Å²) in [6.07, 6.45) is 2.07. The van der Waals surface area contributed by atoms with Crippen LogP contribution in [0.2, 0.25) is 0 Å². The SMILES string of the molecule is CSc1ccc(CN(C)C(C)(C)C#N)cc1. The maximum atomic E-state index is 9.03. The molecule has 0 aliphatic rings. The topological polar surface area (TPSA) is 27.0 Å². The molecule has 0 radical (unpaired) electrons. The van der Waals surface area contributed by atoms with Crippen molar-refractivity contribution in [2.24, 2.45) is 0 Å². The lowest BCUT2D eigenvalue weighted by molar-refractivity contribution is 0.203. The molecule has 0 bridgehead atoms. The summed E-state index contributed by atoms with van der Waals surface area (Å²) in [5, 5.41) is 9.03. The summed E-state index contributed by atoms with van der Waals surface area (Å²) >= 11 is 1.74. The molecule has 0 unspecified atom stereocenters. The van der Waals surface area contributed by atoms with Gasteiger partial charge in [-0.25, -0.2) is 0 Å². The molecule has 3 heteroatoms. The normalized spacial score (nSPS) is 11.5. The zero-order chi connectivity index (χ0) is 12.2. The van der Waals surface area contributed by atoms with E-state index in [2.05, 4.69) is 41.5 Å². The fraction of sp³-hybridized carbons (Fsp3) is 0.462. The third kappa shape index (κ3) is 3.26. The van der Waals surface area contributed by atoms with E-state index in [-0.39, 0.29) is 0 Å². The number of thioether (sulfide) groups is 1. The summed E-state index contributed by atoms with van der Waals surface area (Å²) in [4.78, 5) is 3.33. The zero-order valence-electron chi connectivity index (χ0n) is 10.3. The van der Waals surface area contributed by atoms with Gasteiger partial charge in [0.2, 0.25) is 0 Å². The maximum Gasteiger partial charge on any atom is 0.103 e. The van der Waals surface area contributed by atoms with Crippen LogP contribution in [0.3, 0.4) is 0 Å². The third-order valence-electron chi connectivity index (χ3n) is 2.81. The first-order valence-electron chi connectivity index (χ1n) is 5.25. The molecule has 2 nitrogen and oxygen atoms in total. The highest BCUT2D eigenvalue weighted by Crippen LogP contribution is 2.18. The number of benzene rings is 1. The fourth-order valence-corrected chi connectivity index (χ4v) is 1.70. The molecule has 1 rings (SSSR count). The van der Waals surface area contributed by atoms with E-state index in [4.69, 9.17) is 5.26 Å². The van der Waals surface area contributed by atoms with Crippen molar-refractivity contribution in [3.63, 3.8) is 0 Å². The summed E-state index contributed by atoms with van der Waals surface area (Å²) in [6.45, 7) is 4.67. The Bertz CT molecular complexity index is 376. The van der Waals surface area contributed by atoms with Gasteiger partial charge in [-0.05, 0) is 44.8 Å². The van der Waals surface area contributed by atoms with Gasteiger partial charge in [-0.3, -0.25) is 4.90 Å². The Morgan fingerprint density at radius 1 is 1.31 bits per heavy atom. The lowest BCUT2D eigenvalue weighted by Crippen LogP contribution is -2.38. The molecule has 0 fully saturated rings. The van der Waals surface area contributed by atoms with Gasteiger partial charge >= 0.3 is 0 Å². The van der Waals surface area contributed by atoms with Crippen LogP contribution in [-0.4, -0.2) is 23.7 Å². The Morgan fingerprint density at radius 2 is 1.88 bits per heavy atom. The van der Waals surface area contributed by atoms with Crippen LogP contribution in [0.25, 0.3) is 0 Å². The quantitative estimate of drug-likeness (QED) is 0.749. The third-order valence-corrected chi connectivity index (χ3v) is 3.55. The molecule has 0 aliphatic carbocycles. The molecular weight excluding hydrogens is 216 g/mol. The zero-order valence-corrected chi connectivity index (χ0v) is 11.1. The standard InChI is InChI=1S/C13H18N2S/c1-13(2,10-14)15(3)9-11-5-7-12(16-4)8-6-11/h5-8H,9H2,1-4H3. The molecule has 0 saturated carbocycles. The van der Waals surface area contributed by atoms with E-state index < -0.39 is 5.54 Å². The minimum absolute atomic E-state index is 0.418. The van der Waals surface area contributed by atoms with Crippen LogP contribution in [0.15, 0.2) is 29.2 Å². The molecule has 0 atom stereocenters. The Morgan fingerprint density at radius 3 is 2.31 bits per heavy atom. The number of rotatable bonds is 4. The maximum absolute atomic E-state index is 9.03. The molecule has 16 heavy (non-hydrogen) atoms. The van der Waals surface area contributed by atoms with Crippen LogP contribution in [-0.2, 0) is 6.54 Å². The summed E-state index contributed by atoms with van der Waals surface area (Å²) in [6, 6.07) is 10.8. The first kappa shape index (κ1) is 13.1. The smallest absolute Gasteiger partial charge is 0.103 e. The Balaban J connectivity index is 2.71. The Kier molecular flexibility index (Phi) is 4.40. The molecule has 1 aromatic rings. The van der Waals surface area contributed by atoms with Gasteiger partial charge in [0.25, 0.3) is 0 Å². The summed E-state index contributed by atoms with van der Waals surface area (Å²) in [5.41, 5.74) is 0.821. The first-order chi connectivity index (χ1) is 7.49. The second kappa shape index (κ2) is 5.38. The van der Waals surface area contributed by atoms with Crippen LogP contribution < -0.4 is 0 Å². The predicted molar refractivity (Wildman–Crippen MR) is 69.4 cm³/mol. The van der Waals surface area contributed by atoms with Gasteiger partial charge < -0.3 is 0 Å². The average molecular weight is 234 g/mol. The minimum atomic E-state index is -0.418. The van der Waals surface area contributed by atoms with Gasteiger partial charge in [-0.2, -0.15) is 5.26 Å².